The van der Waals surface area contributed by atoms with E-state index in [9.17, 15) is 4.79 Å². The maximum atomic E-state index is 11.7. The molecular weight excluding hydrogens is 268 g/mol. The molecule has 0 unspecified atom stereocenters. The number of aryl methyl sites for hydroxylation is 1. The van der Waals surface area contributed by atoms with Crippen molar-refractivity contribution < 1.29 is 4.79 Å². The third kappa shape index (κ3) is 3.48. The fraction of sp³-hybridized carbons (Fsp3) is 0.154. The van der Waals surface area contributed by atoms with Crippen molar-refractivity contribution in [2.24, 2.45) is 0 Å². The Morgan fingerprint density at radius 1 is 1.17 bits per heavy atom. The number of thiophene rings is 1. The molecule has 0 saturated heterocycles. The first-order chi connectivity index (χ1) is 8.67. The molecule has 0 atom stereocenters. The topological polar surface area (TPSA) is 41.1 Å². The SMILES string of the molecule is CCc1ccc(NC(=O)Nc2ccc(Cl)cc2)s1. The molecule has 1 aromatic heterocycles. The van der Waals surface area contributed by atoms with Gasteiger partial charge in [-0.2, -0.15) is 0 Å². The zero-order valence-corrected chi connectivity index (χ0v) is 11.4. The average molecular weight is 281 g/mol. The lowest BCUT2D eigenvalue weighted by molar-refractivity contribution is 0.262. The molecule has 2 rings (SSSR count). The summed E-state index contributed by atoms with van der Waals surface area (Å²) >= 11 is 7.35. The molecule has 18 heavy (non-hydrogen) atoms. The lowest BCUT2D eigenvalue weighted by atomic mass is 10.3. The van der Waals surface area contributed by atoms with Crippen molar-refractivity contribution in [3.63, 3.8) is 0 Å². The molecule has 2 N–H and O–H groups in total. The van der Waals surface area contributed by atoms with E-state index in [1.165, 1.54) is 4.88 Å². The Bertz CT molecular complexity index is 536. The van der Waals surface area contributed by atoms with Crippen molar-refractivity contribution >= 4 is 39.7 Å². The average Bonchev–Trinajstić information content (AvgIpc) is 2.79. The summed E-state index contributed by atoms with van der Waals surface area (Å²) in [6.45, 7) is 2.09. The van der Waals surface area contributed by atoms with Gasteiger partial charge in [-0.3, -0.25) is 5.32 Å². The second kappa shape index (κ2) is 5.89. The molecule has 0 saturated carbocycles. The predicted octanol–water partition coefficient (Wildman–Crippen LogP) is 4.61. The number of nitrogens with one attached hydrogen (secondary N) is 2. The second-order valence-corrected chi connectivity index (χ2v) is 5.31. The Balaban J connectivity index is 1.94. The fourth-order valence-corrected chi connectivity index (χ4v) is 2.41. The van der Waals surface area contributed by atoms with Crippen LogP contribution in [0.5, 0.6) is 0 Å². The molecule has 0 spiro atoms. The molecule has 0 fully saturated rings. The van der Waals surface area contributed by atoms with Gasteiger partial charge in [0.05, 0.1) is 5.00 Å². The Labute approximate surface area is 115 Å². The third-order valence-electron chi connectivity index (χ3n) is 2.35. The lowest BCUT2D eigenvalue weighted by Crippen LogP contribution is -2.18. The molecular formula is C13H13ClN2OS. The molecule has 94 valence electrons. The number of rotatable bonds is 3. The zero-order chi connectivity index (χ0) is 13.0. The summed E-state index contributed by atoms with van der Waals surface area (Å²) in [5.41, 5.74) is 0.712. The molecule has 0 aliphatic heterocycles. The van der Waals surface area contributed by atoms with Crippen molar-refractivity contribution in [2.75, 3.05) is 10.6 Å². The number of urea groups is 1. The lowest BCUT2D eigenvalue weighted by Gasteiger charge is -2.05. The van der Waals surface area contributed by atoms with Crippen LogP contribution in [0, 0.1) is 0 Å². The summed E-state index contributed by atoms with van der Waals surface area (Å²) in [5.74, 6) is 0. The van der Waals surface area contributed by atoms with Crippen LogP contribution in [0.15, 0.2) is 36.4 Å². The minimum absolute atomic E-state index is 0.248. The molecule has 2 aromatic rings. The van der Waals surface area contributed by atoms with Crippen LogP contribution in [0.2, 0.25) is 5.02 Å². The van der Waals surface area contributed by atoms with E-state index in [1.807, 2.05) is 12.1 Å². The number of amides is 2. The Hall–Kier alpha value is -1.52. The molecule has 1 aromatic carbocycles. The van der Waals surface area contributed by atoms with Crippen LogP contribution in [0.1, 0.15) is 11.8 Å². The van der Waals surface area contributed by atoms with Gasteiger partial charge in [0.15, 0.2) is 0 Å². The molecule has 0 aliphatic carbocycles. The van der Waals surface area contributed by atoms with E-state index >= 15 is 0 Å². The molecule has 0 radical (unpaired) electrons. The predicted molar refractivity (Wildman–Crippen MR) is 77.8 cm³/mol. The number of hydrogen-bond donors (Lipinski definition) is 2. The van der Waals surface area contributed by atoms with Crippen LogP contribution in [0.25, 0.3) is 0 Å². The van der Waals surface area contributed by atoms with Crippen LogP contribution < -0.4 is 10.6 Å². The minimum Gasteiger partial charge on any atom is -0.308 e. The monoisotopic (exact) mass is 280 g/mol. The highest BCUT2D eigenvalue weighted by molar-refractivity contribution is 7.16. The number of hydrogen-bond acceptors (Lipinski definition) is 2. The highest BCUT2D eigenvalue weighted by Crippen LogP contribution is 2.22. The largest absolute Gasteiger partial charge is 0.324 e. The van der Waals surface area contributed by atoms with E-state index < -0.39 is 0 Å². The second-order valence-electron chi connectivity index (χ2n) is 3.71. The molecule has 2 amide bonds. The Morgan fingerprint density at radius 3 is 2.50 bits per heavy atom. The summed E-state index contributed by atoms with van der Waals surface area (Å²) in [7, 11) is 0. The van der Waals surface area contributed by atoms with E-state index in [-0.39, 0.29) is 6.03 Å². The Kier molecular flexibility index (Phi) is 4.23. The normalized spacial score (nSPS) is 10.1. The van der Waals surface area contributed by atoms with Crippen molar-refractivity contribution in [3.8, 4) is 0 Å². The van der Waals surface area contributed by atoms with Crippen LogP contribution in [0.3, 0.4) is 0 Å². The number of anilines is 2. The first-order valence-electron chi connectivity index (χ1n) is 5.59. The van der Waals surface area contributed by atoms with E-state index in [0.717, 1.165) is 11.4 Å². The molecule has 0 bridgehead atoms. The van der Waals surface area contributed by atoms with Gasteiger partial charge in [0.25, 0.3) is 0 Å². The van der Waals surface area contributed by atoms with Gasteiger partial charge in [0.1, 0.15) is 0 Å². The maximum Gasteiger partial charge on any atom is 0.324 e. The van der Waals surface area contributed by atoms with E-state index in [2.05, 4.69) is 17.6 Å². The molecule has 5 heteroatoms. The zero-order valence-electron chi connectivity index (χ0n) is 9.87. The maximum absolute atomic E-state index is 11.7. The van der Waals surface area contributed by atoms with E-state index in [4.69, 9.17) is 11.6 Å². The molecule has 0 aliphatic rings. The van der Waals surface area contributed by atoms with Gasteiger partial charge in [-0.15, -0.1) is 11.3 Å². The number of carbonyl (C=O) groups is 1. The quantitative estimate of drug-likeness (QED) is 0.847. The summed E-state index contributed by atoms with van der Waals surface area (Å²) in [5, 5.41) is 7.03. The van der Waals surface area contributed by atoms with Gasteiger partial charge in [0, 0.05) is 15.6 Å². The fourth-order valence-electron chi connectivity index (χ4n) is 1.44. The molecule has 3 nitrogen and oxygen atoms in total. The third-order valence-corrected chi connectivity index (χ3v) is 3.75. The van der Waals surface area contributed by atoms with E-state index in [1.54, 1.807) is 35.6 Å². The van der Waals surface area contributed by atoms with Gasteiger partial charge >= 0.3 is 6.03 Å². The van der Waals surface area contributed by atoms with Crippen molar-refractivity contribution in [1.82, 2.24) is 0 Å². The van der Waals surface area contributed by atoms with Crippen molar-refractivity contribution in [2.45, 2.75) is 13.3 Å². The summed E-state index contributed by atoms with van der Waals surface area (Å²) in [4.78, 5) is 13.0. The van der Waals surface area contributed by atoms with Crippen LogP contribution in [0.4, 0.5) is 15.5 Å². The number of carbonyl (C=O) groups excluding carboxylic acids is 1. The van der Waals surface area contributed by atoms with Gasteiger partial charge in [-0.05, 0) is 42.8 Å². The number of halogens is 1. The number of benzene rings is 1. The van der Waals surface area contributed by atoms with Crippen LogP contribution >= 0.6 is 22.9 Å². The summed E-state index contributed by atoms with van der Waals surface area (Å²) in [6.07, 6.45) is 0.977. The van der Waals surface area contributed by atoms with Crippen molar-refractivity contribution in [3.05, 3.63) is 46.3 Å². The van der Waals surface area contributed by atoms with Crippen LogP contribution in [-0.4, -0.2) is 6.03 Å². The van der Waals surface area contributed by atoms with Crippen molar-refractivity contribution in [1.29, 1.82) is 0 Å². The standard InChI is InChI=1S/C13H13ClN2OS/c1-2-11-7-8-12(18-11)16-13(17)15-10-5-3-9(14)4-6-10/h3-8H,2H2,1H3,(H2,15,16,17). The summed E-state index contributed by atoms with van der Waals surface area (Å²) in [6, 6.07) is 10.7. The first kappa shape index (κ1) is 12.9. The first-order valence-corrected chi connectivity index (χ1v) is 6.79. The van der Waals surface area contributed by atoms with Gasteiger partial charge in [0.2, 0.25) is 0 Å². The summed E-state index contributed by atoms with van der Waals surface area (Å²) < 4.78 is 0. The highest BCUT2D eigenvalue weighted by Gasteiger charge is 2.04. The van der Waals surface area contributed by atoms with E-state index in [0.29, 0.717) is 10.7 Å². The highest BCUT2D eigenvalue weighted by atomic mass is 35.5. The smallest absolute Gasteiger partial charge is 0.308 e. The van der Waals surface area contributed by atoms with Crippen LogP contribution in [-0.2, 0) is 6.42 Å². The minimum atomic E-state index is -0.248. The molecule has 1 heterocycles. The Morgan fingerprint density at radius 2 is 1.89 bits per heavy atom. The van der Waals surface area contributed by atoms with Gasteiger partial charge in [-0.1, -0.05) is 18.5 Å². The van der Waals surface area contributed by atoms with Gasteiger partial charge < -0.3 is 5.32 Å². The van der Waals surface area contributed by atoms with Gasteiger partial charge in [-0.25, -0.2) is 4.79 Å².